The Morgan fingerprint density at radius 3 is 2.44 bits per heavy atom. The van der Waals surface area contributed by atoms with Crippen molar-refractivity contribution < 1.29 is 0 Å². The van der Waals surface area contributed by atoms with Crippen molar-refractivity contribution in [2.45, 2.75) is 0 Å². The van der Waals surface area contributed by atoms with Crippen LogP contribution >= 0.6 is 46.1 Å². The Balaban J connectivity index is 2.62. The van der Waals surface area contributed by atoms with E-state index in [1.807, 2.05) is 24.3 Å². The maximum absolute atomic E-state index is 6.24. The van der Waals surface area contributed by atoms with Gasteiger partial charge >= 0.3 is 0 Å². The summed E-state index contributed by atoms with van der Waals surface area (Å²) in [4.78, 5) is 0. The van der Waals surface area contributed by atoms with Crippen molar-refractivity contribution in [2.24, 2.45) is 0 Å². The fraction of sp³-hybridized carbons (Fsp3) is 0. The van der Waals surface area contributed by atoms with Gasteiger partial charge in [0.2, 0.25) is 0 Å². The number of hydrogen-bond acceptors (Lipinski definition) is 1. The first-order chi connectivity index (χ1) is 7.68. The average Bonchev–Trinajstić information content (AvgIpc) is 2.64. The molecule has 16 heavy (non-hydrogen) atoms. The van der Waals surface area contributed by atoms with Crippen molar-refractivity contribution in [1.82, 2.24) is 0 Å². The van der Waals surface area contributed by atoms with Gasteiger partial charge in [0.15, 0.2) is 0 Å². The molecule has 1 aromatic heterocycles. The van der Waals surface area contributed by atoms with E-state index in [4.69, 9.17) is 34.8 Å². The molecule has 0 amide bonds. The highest BCUT2D eigenvalue weighted by atomic mass is 35.5. The smallest absolute Gasteiger partial charge is 0.0785 e. The molecule has 4 heteroatoms. The summed E-state index contributed by atoms with van der Waals surface area (Å²) in [5, 5.41) is 3.61. The lowest BCUT2D eigenvalue weighted by atomic mass is 10.1. The molecule has 3 rings (SSSR count). The summed E-state index contributed by atoms with van der Waals surface area (Å²) in [7, 11) is 0. The number of benzene rings is 2. The quantitative estimate of drug-likeness (QED) is 0.444. The Morgan fingerprint density at radius 2 is 1.62 bits per heavy atom. The number of halogens is 3. The van der Waals surface area contributed by atoms with Gasteiger partial charge in [0.1, 0.15) is 0 Å². The molecule has 0 aliphatic heterocycles. The van der Waals surface area contributed by atoms with Crippen LogP contribution in [-0.4, -0.2) is 0 Å². The second-order valence-electron chi connectivity index (χ2n) is 3.46. The molecule has 0 fully saturated rings. The number of thiophene rings is 1. The molecule has 2 aromatic carbocycles. The fourth-order valence-electron chi connectivity index (χ4n) is 1.79. The van der Waals surface area contributed by atoms with E-state index in [1.165, 1.54) is 4.70 Å². The molecule has 0 spiro atoms. The summed E-state index contributed by atoms with van der Waals surface area (Å²) in [6.07, 6.45) is 0. The van der Waals surface area contributed by atoms with Gasteiger partial charge in [0, 0.05) is 20.2 Å². The van der Waals surface area contributed by atoms with Gasteiger partial charge in [-0.15, -0.1) is 11.3 Å². The van der Waals surface area contributed by atoms with E-state index in [9.17, 15) is 0 Å². The zero-order valence-corrected chi connectivity index (χ0v) is 11.0. The highest BCUT2D eigenvalue weighted by Gasteiger charge is 2.13. The summed E-state index contributed by atoms with van der Waals surface area (Å²) in [5.41, 5.74) is 0. The minimum Gasteiger partial charge on any atom is -0.135 e. The summed E-state index contributed by atoms with van der Waals surface area (Å²) in [6.45, 7) is 0. The maximum Gasteiger partial charge on any atom is 0.0785 e. The summed E-state index contributed by atoms with van der Waals surface area (Å²) < 4.78 is 2.26. The number of rotatable bonds is 0. The zero-order valence-electron chi connectivity index (χ0n) is 7.93. The van der Waals surface area contributed by atoms with Gasteiger partial charge in [-0.3, -0.25) is 0 Å². The summed E-state index contributed by atoms with van der Waals surface area (Å²) in [6, 6.07) is 9.99. The van der Waals surface area contributed by atoms with Crippen LogP contribution in [0, 0.1) is 0 Å². The lowest BCUT2D eigenvalue weighted by Gasteiger charge is -2.00. The Labute approximate surface area is 111 Å². The molecule has 80 valence electrons. The van der Waals surface area contributed by atoms with Gasteiger partial charge in [0.05, 0.1) is 15.1 Å². The minimum absolute atomic E-state index is 0.430. The molecule has 0 aliphatic carbocycles. The van der Waals surface area contributed by atoms with Crippen molar-refractivity contribution in [2.75, 3.05) is 0 Å². The lowest BCUT2D eigenvalue weighted by molar-refractivity contribution is 1.83. The Hall–Kier alpha value is -0.470. The van der Waals surface area contributed by atoms with Gasteiger partial charge in [-0.2, -0.15) is 0 Å². The first kappa shape index (κ1) is 10.7. The van der Waals surface area contributed by atoms with E-state index in [0.29, 0.717) is 15.1 Å². The maximum atomic E-state index is 6.24. The molecule has 0 N–H and O–H groups in total. The molecule has 0 bridgehead atoms. The highest BCUT2D eigenvalue weighted by Crippen LogP contribution is 2.43. The van der Waals surface area contributed by atoms with Gasteiger partial charge < -0.3 is 0 Å². The topological polar surface area (TPSA) is 0 Å². The largest absolute Gasteiger partial charge is 0.135 e. The van der Waals surface area contributed by atoms with Crippen LogP contribution < -0.4 is 0 Å². The van der Waals surface area contributed by atoms with E-state index in [1.54, 1.807) is 11.3 Å². The van der Waals surface area contributed by atoms with Crippen LogP contribution in [0.3, 0.4) is 0 Å². The monoisotopic (exact) mass is 286 g/mol. The molecule has 0 aliphatic rings. The number of fused-ring (bicyclic) bond motifs is 3. The Morgan fingerprint density at radius 1 is 0.875 bits per heavy atom. The van der Waals surface area contributed by atoms with Crippen molar-refractivity contribution in [1.29, 1.82) is 0 Å². The van der Waals surface area contributed by atoms with E-state index in [-0.39, 0.29) is 0 Å². The highest BCUT2D eigenvalue weighted by molar-refractivity contribution is 7.26. The Kier molecular flexibility index (Phi) is 2.52. The zero-order chi connectivity index (χ0) is 11.3. The van der Waals surface area contributed by atoms with Crippen LogP contribution in [0.2, 0.25) is 15.1 Å². The first-order valence-corrected chi connectivity index (χ1v) is 6.58. The molecular weight excluding hydrogens is 283 g/mol. The van der Waals surface area contributed by atoms with Crippen LogP contribution in [0.1, 0.15) is 0 Å². The normalized spacial score (nSPS) is 11.4. The summed E-state index contributed by atoms with van der Waals surface area (Å²) >= 11 is 20.0. The first-order valence-electron chi connectivity index (χ1n) is 4.63. The summed E-state index contributed by atoms with van der Waals surface area (Å²) in [5.74, 6) is 0. The predicted octanol–water partition coefficient (Wildman–Crippen LogP) is 6.01. The molecule has 0 saturated heterocycles. The molecule has 1 heterocycles. The lowest BCUT2D eigenvalue weighted by Crippen LogP contribution is -1.73. The Bertz CT molecular complexity index is 700. The number of hydrogen-bond donors (Lipinski definition) is 0. The van der Waals surface area contributed by atoms with Crippen LogP contribution in [-0.2, 0) is 0 Å². The SMILES string of the molecule is Clc1cc2sc3ccccc3c2c(Cl)c1Cl. The third-order valence-electron chi connectivity index (χ3n) is 2.50. The van der Waals surface area contributed by atoms with Gasteiger partial charge in [0.25, 0.3) is 0 Å². The molecule has 0 unspecified atom stereocenters. The third-order valence-corrected chi connectivity index (χ3v) is 4.88. The molecule has 0 radical (unpaired) electrons. The predicted molar refractivity (Wildman–Crippen MR) is 74.4 cm³/mol. The van der Waals surface area contributed by atoms with Crippen molar-refractivity contribution in [3.63, 3.8) is 0 Å². The molecule has 0 saturated carbocycles. The van der Waals surface area contributed by atoms with Crippen molar-refractivity contribution >= 4 is 66.3 Å². The van der Waals surface area contributed by atoms with E-state index in [2.05, 4.69) is 6.07 Å². The molecular formula is C12H5Cl3S. The van der Waals surface area contributed by atoms with Gasteiger partial charge in [-0.1, -0.05) is 53.0 Å². The second-order valence-corrected chi connectivity index (χ2v) is 5.70. The minimum atomic E-state index is 0.430. The average molecular weight is 288 g/mol. The van der Waals surface area contributed by atoms with E-state index < -0.39 is 0 Å². The third kappa shape index (κ3) is 1.43. The standard InChI is InChI=1S/C12H5Cl3S/c13-7-5-9-10(12(15)11(7)14)6-3-1-2-4-8(6)16-9/h1-5H. The van der Waals surface area contributed by atoms with E-state index >= 15 is 0 Å². The molecule has 0 nitrogen and oxygen atoms in total. The fourth-order valence-corrected chi connectivity index (χ4v) is 3.77. The van der Waals surface area contributed by atoms with Crippen LogP contribution in [0.5, 0.6) is 0 Å². The van der Waals surface area contributed by atoms with Crippen molar-refractivity contribution in [3.05, 3.63) is 45.4 Å². The van der Waals surface area contributed by atoms with Gasteiger partial charge in [-0.25, -0.2) is 0 Å². The second kappa shape index (κ2) is 3.78. The molecule has 0 atom stereocenters. The van der Waals surface area contributed by atoms with Crippen molar-refractivity contribution in [3.8, 4) is 0 Å². The van der Waals surface area contributed by atoms with E-state index in [0.717, 1.165) is 15.5 Å². The molecule has 3 aromatic rings. The van der Waals surface area contributed by atoms with Gasteiger partial charge in [-0.05, 0) is 12.1 Å². The van der Waals surface area contributed by atoms with Crippen LogP contribution in [0.15, 0.2) is 30.3 Å². The van der Waals surface area contributed by atoms with Crippen LogP contribution in [0.25, 0.3) is 20.2 Å². The van der Waals surface area contributed by atoms with Crippen LogP contribution in [0.4, 0.5) is 0 Å².